The molecule has 0 N–H and O–H groups in total. The number of anilines is 1. The van der Waals surface area contributed by atoms with Crippen molar-refractivity contribution in [2.75, 3.05) is 53.2 Å². The predicted octanol–water partition coefficient (Wildman–Crippen LogP) is 1.78. The summed E-state index contributed by atoms with van der Waals surface area (Å²) in [7, 11) is 9.89. The minimum Gasteiger partial charge on any atom is -0.486 e. The molecule has 0 saturated carbocycles. The van der Waals surface area contributed by atoms with Crippen LogP contribution in [0.1, 0.15) is 17.3 Å². The van der Waals surface area contributed by atoms with E-state index in [4.69, 9.17) is 4.74 Å². The maximum Gasteiger partial charge on any atom is 0.257 e. The number of carbonyl (C=O) groups is 1. The Morgan fingerprint density at radius 2 is 1.95 bits per heavy atom. The number of ether oxygens (including phenoxy) is 1. The molecule has 1 aliphatic heterocycles. The van der Waals surface area contributed by atoms with E-state index in [1.165, 1.54) is 0 Å². The van der Waals surface area contributed by atoms with E-state index >= 15 is 0 Å². The van der Waals surface area contributed by atoms with Gasteiger partial charge in [-0.3, -0.25) is 4.79 Å². The third kappa shape index (κ3) is 3.35. The van der Waals surface area contributed by atoms with Gasteiger partial charge >= 0.3 is 0 Å². The Hall–Kier alpha value is -1.75. The number of hydrogen-bond donors (Lipinski definition) is 0. The van der Waals surface area contributed by atoms with Gasteiger partial charge in [-0.05, 0) is 26.2 Å². The fourth-order valence-corrected chi connectivity index (χ4v) is 2.85. The second-order valence-corrected chi connectivity index (χ2v) is 6.63. The number of rotatable bonds is 3. The highest BCUT2D eigenvalue weighted by atomic mass is 16.5. The Balaban J connectivity index is 2.51. The fourth-order valence-electron chi connectivity index (χ4n) is 2.85. The predicted molar refractivity (Wildman–Crippen MR) is 89.9 cm³/mol. The smallest absolute Gasteiger partial charge is 0.257 e. The van der Waals surface area contributed by atoms with Crippen LogP contribution in [0.25, 0.3) is 0 Å². The molecule has 0 unspecified atom stereocenters. The van der Waals surface area contributed by atoms with Crippen LogP contribution in [0.3, 0.4) is 0 Å². The molecule has 0 fully saturated rings. The van der Waals surface area contributed by atoms with E-state index < -0.39 is 0 Å². The van der Waals surface area contributed by atoms with Gasteiger partial charge in [-0.1, -0.05) is 13.0 Å². The summed E-state index contributed by atoms with van der Waals surface area (Å²) in [4.78, 5) is 18.6. The summed E-state index contributed by atoms with van der Waals surface area (Å²) >= 11 is 0. The molecule has 1 amide bonds. The van der Waals surface area contributed by atoms with Crippen molar-refractivity contribution in [3.05, 3.63) is 23.8 Å². The summed E-state index contributed by atoms with van der Waals surface area (Å²) in [5, 5.41) is 0. The molecule has 0 radical (unpaired) electrons. The lowest BCUT2D eigenvalue weighted by atomic mass is 10.0. The first-order valence-electron chi connectivity index (χ1n) is 7.68. The summed E-state index contributed by atoms with van der Waals surface area (Å²) in [5.74, 6) is 0.983. The summed E-state index contributed by atoms with van der Waals surface area (Å²) in [6.07, 6.45) is 0.0467. The molecule has 0 saturated heterocycles. The third-order valence-electron chi connectivity index (χ3n) is 4.06. The molecule has 122 valence electrons. The van der Waals surface area contributed by atoms with Crippen molar-refractivity contribution in [2.45, 2.75) is 13.0 Å². The van der Waals surface area contributed by atoms with Crippen molar-refractivity contribution in [1.82, 2.24) is 9.80 Å². The van der Waals surface area contributed by atoms with E-state index in [1.54, 1.807) is 4.90 Å². The molecule has 1 heterocycles. The molecule has 0 bridgehead atoms. The number of nitrogens with zero attached hydrogens (tertiary/aromatic N) is 3. The zero-order chi connectivity index (χ0) is 16.4. The van der Waals surface area contributed by atoms with Gasteiger partial charge in [0.2, 0.25) is 0 Å². The number of amides is 1. The monoisotopic (exact) mass is 305 g/mol. The zero-order valence-corrected chi connectivity index (χ0v) is 14.5. The van der Waals surface area contributed by atoms with E-state index in [0.29, 0.717) is 17.9 Å². The molecule has 2 atom stereocenters. The van der Waals surface area contributed by atoms with Gasteiger partial charge in [-0.15, -0.1) is 0 Å². The van der Waals surface area contributed by atoms with Crippen molar-refractivity contribution < 1.29 is 9.53 Å². The Labute approximate surface area is 133 Å². The zero-order valence-electron chi connectivity index (χ0n) is 14.5. The molecule has 5 heteroatoms. The number of fused-ring (bicyclic) bond motifs is 1. The lowest BCUT2D eigenvalue weighted by Gasteiger charge is -2.35. The van der Waals surface area contributed by atoms with Crippen molar-refractivity contribution in [2.24, 2.45) is 5.92 Å². The normalized spacial score (nSPS) is 22.0. The average molecular weight is 305 g/mol. The molecule has 1 aromatic carbocycles. The maximum absolute atomic E-state index is 12.7. The maximum atomic E-state index is 12.7. The van der Waals surface area contributed by atoms with Gasteiger partial charge in [0.25, 0.3) is 5.91 Å². The van der Waals surface area contributed by atoms with Gasteiger partial charge in [-0.25, -0.2) is 0 Å². The second kappa shape index (κ2) is 6.57. The minimum atomic E-state index is 0.0221. The van der Waals surface area contributed by atoms with Gasteiger partial charge in [0.05, 0.1) is 11.3 Å². The van der Waals surface area contributed by atoms with Crippen LogP contribution in [-0.4, -0.2) is 70.1 Å². The standard InChI is InChI=1S/C17H27N3O2/c1-12-10-20(6)17(21)13-8-7-9-14(19(4)5)16(13)22-15(12)11-18(2)3/h7-9,12,15H,10-11H2,1-6H3/t12-,15-/m0/s1. The van der Waals surface area contributed by atoms with E-state index in [0.717, 1.165) is 12.2 Å². The molecule has 2 rings (SSSR count). The van der Waals surface area contributed by atoms with Gasteiger partial charge < -0.3 is 19.4 Å². The molecular formula is C17H27N3O2. The SMILES string of the molecule is C[C@H]1CN(C)C(=O)c2cccc(N(C)C)c2O[C@H]1CN(C)C. The summed E-state index contributed by atoms with van der Waals surface area (Å²) < 4.78 is 6.34. The van der Waals surface area contributed by atoms with Gasteiger partial charge in [-0.2, -0.15) is 0 Å². The van der Waals surface area contributed by atoms with Crippen LogP contribution in [0.5, 0.6) is 5.75 Å². The van der Waals surface area contributed by atoms with E-state index in [9.17, 15) is 4.79 Å². The van der Waals surface area contributed by atoms with Crippen LogP contribution >= 0.6 is 0 Å². The topological polar surface area (TPSA) is 36.0 Å². The molecule has 0 aliphatic carbocycles. The van der Waals surface area contributed by atoms with Gasteiger partial charge in [0, 0.05) is 40.2 Å². The number of hydrogen-bond acceptors (Lipinski definition) is 4. The average Bonchev–Trinajstić information content (AvgIpc) is 2.44. The highest BCUT2D eigenvalue weighted by Crippen LogP contribution is 2.35. The van der Waals surface area contributed by atoms with Crippen LogP contribution in [0, 0.1) is 5.92 Å². The second-order valence-electron chi connectivity index (χ2n) is 6.63. The fraction of sp³-hybridized carbons (Fsp3) is 0.588. The Morgan fingerprint density at radius 3 is 2.55 bits per heavy atom. The van der Waals surface area contributed by atoms with Crippen molar-refractivity contribution in [3.63, 3.8) is 0 Å². The molecule has 5 nitrogen and oxygen atoms in total. The highest BCUT2D eigenvalue weighted by Gasteiger charge is 2.30. The molecule has 22 heavy (non-hydrogen) atoms. The minimum absolute atomic E-state index is 0.0221. The van der Waals surface area contributed by atoms with Crippen LogP contribution < -0.4 is 9.64 Å². The van der Waals surface area contributed by atoms with Crippen molar-refractivity contribution in [1.29, 1.82) is 0 Å². The number of benzene rings is 1. The molecule has 0 aromatic heterocycles. The van der Waals surface area contributed by atoms with Gasteiger partial charge in [0.15, 0.2) is 5.75 Å². The Morgan fingerprint density at radius 1 is 1.27 bits per heavy atom. The molecule has 0 spiro atoms. The van der Waals surface area contributed by atoms with E-state index in [-0.39, 0.29) is 17.9 Å². The lowest BCUT2D eigenvalue weighted by molar-refractivity contribution is 0.0577. The Kier molecular flexibility index (Phi) is 4.96. The van der Waals surface area contributed by atoms with E-state index in [1.807, 2.05) is 58.3 Å². The molecule has 1 aliphatic rings. The first-order chi connectivity index (χ1) is 10.3. The third-order valence-corrected chi connectivity index (χ3v) is 4.06. The van der Waals surface area contributed by atoms with Crippen LogP contribution in [0.4, 0.5) is 5.69 Å². The van der Waals surface area contributed by atoms with E-state index in [2.05, 4.69) is 11.8 Å². The first-order valence-corrected chi connectivity index (χ1v) is 7.68. The largest absolute Gasteiger partial charge is 0.486 e. The van der Waals surface area contributed by atoms with Crippen LogP contribution in [-0.2, 0) is 0 Å². The summed E-state index contributed by atoms with van der Waals surface area (Å²) in [5.41, 5.74) is 1.58. The highest BCUT2D eigenvalue weighted by molar-refractivity contribution is 5.99. The Bertz CT molecular complexity index is 543. The van der Waals surface area contributed by atoms with Crippen LogP contribution in [0.15, 0.2) is 18.2 Å². The van der Waals surface area contributed by atoms with Crippen molar-refractivity contribution in [3.8, 4) is 5.75 Å². The van der Waals surface area contributed by atoms with Crippen molar-refractivity contribution >= 4 is 11.6 Å². The number of carbonyl (C=O) groups excluding carboxylic acids is 1. The summed E-state index contributed by atoms with van der Waals surface area (Å²) in [6, 6.07) is 5.75. The van der Waals surface area contributed by atoms with Gasteiger partial charge in [0.1, 0.15) is 6.10 Å². The first kappa shape index (κ1) is 16.6. The molecular weight excluding hydrogens is 278 g/mol. The lowest BCUT2D eigenvalue weighted by Crippen LogP contribution is -2.44. The number of likely N-dealkylation sites (N-methyl/N-ethyl adjacent to an activating group) is 1. The number of para-hydroxylation sites is 1. The molecule has 1 aromatic rings. The summed E-state index contributed by atoms with van der Waals surface area (Å²) in [6.45, 7) is 3.66. The van der Waals surface area contributed by atoms with Crippen LogP contribution in [0.2, 0.25) is 0 Å². The quantitative estimate of drug-likeness (QED) is 0.853.